The fraction of sp³-hybridized carbons (Fsp3) is 0.429. The van der Waals surface area contributed by atoms with Gasteiger partial charge >= 0.3 is 0 Å². The Morgan fingerprint density at radius 2 is 1.90 bits per heavy atom. The molecule has 0 saturated carbocycles. The van der Waals surface area contributed by atoms with Gasteiger partial charge in [0.25, 0.3) is 0 Å². The van der Waals surface area contributed by atoms with E-state index in [1.54, 1.807) is 18.2 Å². The fourth-order valence-corrected chi connectivity index (χ4v) is 5.33. The summed E-state index contributed by atoms with van der Waals surface area (Å²) in [5, 5.41) is 0.935. The first kappa shape index (κ1) is 23.0. The number of hydrogen-bond acceptors (Lipinski definition) is 4. The second kappa shape index (κ2) is 9.64. The molecule has 1 aromatic carbocycles. The minimum Gasteiger partial charge on any atom is -0.336 e. The van der Waals surface area contributed by atoms with Gasteiger partial charge in [0.1, 0.15) is 4.90 Å². The largest absolute Gasteiger partial charge is 0.336 e. The number of carbonyl (C=O) groups excluding carboxylic acids is 1. The molecule has 30 heavy (non-hydrogen) atoms. The topological polar surface area (TPSA) is 70.6 Å². The molecule has 1 amide bonds. The molecule has 1 saturated heterocycles. The quantitative estimate of drug-likeness (QED) is 0.634. The van der Waals surface area contributed by atoms with Crippen molar-refractivity contribution < 1.29 is 13.2 Å². The summed E-state index contributed by atoms with van der Waals surface area (Å²) >= 11 is 12.1. The molecular formula is C21H25Cl2N3O3S. The van der Waals surface area contributed by atoms with Gasteiger partial charge in [0.15, 0.2) is 0 Å². The number of sulfonamides is 1. The second-order valence-electron chi connectivity index (χ2n) is 7.68. The van der Waals surface area contributed by atoms with Gasteiger partial charge < -0.3 is 4.90 Å². The lowest BCUT2D eigenvalue weighted by molar-refractivity contribution is -0.139. The van der Waals surface area contributed by atoms with E-state index in [1.807, 2.05) is 24.8 Å². The smallest absolute Gasteiger partial charge is 0.244 e. The molecule has 1 aliphatic rings. The highest BCUT2D eigenvalue weighted by Crippen LogP contribution is 2.27. The maximum absolute atomic E-state index is 13.2. The fourth-order valence-electron chi connectivity index (χ4n) is 3.58. The van der Waals surface area contributed by atoms with Crippen LogP contribution in [-0.2, 0) is 21.4 Å². The van der Waals surface area contributed by atoms with Gasteiger partial charge in [-0.25, -0.2) is 8.42 Å². The summed E-state index contributed by atoms with van der Waals surface area (Å²) in [5.41, 5.74) is 0.906. The Hall–Kier alpha value is -1.67. The van der Waals surface area contributed by atoms with E-state index in [0.29, 0.717) is 42.5 Å². The summed E-state index contributed by atoms with van der Waals surface area (Å²) < 4.78 is 27.0. The number of aromatic nitrogens is 1. The Bertz CT molecular complexity index is 992. The molecule has 0 aliphatic carbocycles. The maximum atomic E-state index is 13.2. The van der Waals surface area contributed by atoms with Crippen molar-refractivity contribution in [3.8, 4) is 0 Å². The van der Waals surface area contributed by atoms with Gasteiger partial charge in [-0.2, -0.15) is 4.31 Å². The zero-order valence-electron chi connectivity index (χ0n) is 17.0. The molecule has 2 heterocycles. The summed E-state index contributed by atoms with van der Waals surface area (Å²) in [7, 11) is -3.59. The number of halogens is 2. The van der Waals surface area contributed by atoms with E-state index in [1.165, 1.54) is 22.8 Å². The highest BCUT2D eigenvalue weighted by atomic mass is 35.5. The van der Waals surface area contributed by atoms with Gasteiger partial charge in [-0.3, -0.25) is 9.78 Å². The number of benzene rings is 1. The van der Waals surface area contributed by atoms with Crippen LogP contribution in [-0.4, -0.2) is 47.6 Å². The Morgan fingerprint density at radius 3 is 2.47 bits per heavy atom. The van der Waals surface area contributed by atoms with Gasteiger partial charge in [0.05, 0.1) is 10.0 Å². The lowest BCUT2D eigenvalue weighted by Crippen LogP contribution is -2.46. The predicted octanol–water partition coefficient (Wildman–Crippen LogP) is 4.23. The molecule has 0 N–H and O–H groups in total. The third-order valence-electron chi connectivity index (χ3n) is 5.32. The number of carbonyl (C=O) groups is 1. The molecule has 162 valence electrons. The number of pyridine rings is 1. The molecule has 0 bridgehead atoms. The van der Waals surface area contributed by atoms with Crippen LogP contribution < -0.4 is 0 Å². The van der Waals surface area contributed by atoms with Crippen molar-refractivity contribution in [1.29, 1.82) is 0 Å². The van der Waals surface area contributed by atoms with E-state index in [0.717, 1.165) is 5.56 Å². The number of hydrogen-bond donors (Lipinski definition) is 0. The number of nitrogens with zero attached hydrogens (tertiary/aromatic N) is 3. The predicted molar refractivity (Wildman–Crippen MR) is 118 cm³/mol. The lowest BCUT2D eigenvalue weighted by Gasteiger charge is -2.35. The monoisotopic (exact) mass is 469 g/mol. The van der Waals surface area contributed by atoms with Crippen LogP contribution in [0.5, 0.6) is 0 Å². The normalized spacial score (nSPS) is 16.0. The van der Waals surface area contributed by atoms with Crippen LogP contribution in [0.4, 0.5) is 0 Å². The lowest BCUT2D eigenvalue weighted by atomic mass is 9.95. The number of amides is 1. The van der Waals surface area contributed by atoms with Gasteiger partial charge in [-0.1, -0.05) is 29.3 Å². The van der Waals surface area contributed by atoms with Crippen molar-refractivity contribution in [3.63, 3.8) is 0 Å². The van der Waals surface area contributed by atoms with Crippen LogP contribution in [0.1, 0.15) is 32.3 Å². The summed E-state index contributed by atoms with van der Waals surface area (Å²) in [5.74, 6) is -0.176. The zero-order chi connectivity index (χ0) is 21.9. The van der Waals surface area contributed by atoms with Gasteiger partial charge in [-0.15, -0.1) is 0 Å². The molecular weight excluding hydrogens is 445 g/mol. The average Bonchev–Trinajstić information content (AvgIpc) is 2.74. The standard InChI is InChI=1S/C21H25Cl2N3O3S/c1-15(2)26(14-16-5-6-19(22)20(23)12-16)21(27)17-7-10-25(11-8-17)30(28,29)18-4-3-9-24-13-18/h3-6,9,12-13,15,17H,7-8,10-11,14H2,1-2H3. The molecule has 3 rings (SSSR count). The molecule has 1 fully saturated rings. The van der Waals surface area contributed by atoms with E-state index in [9.17, 15) is 13.2 Å². The molecule has 0 radical (unpaired) electrons. The Kier molecular flexibility index (Phi) is 7.39. The molecule has 0 unspecified atom stereocenters. The van der Waals surface area contributed by atoms with Crippen LogP contribution in [0, 0.1) is 5.92 Å². The molecule has 6 nitrogen and oxygen atoms in total. The van der Waals surface area contributed by atoms with Gasteiger partial charge in [-0.05, 0) is 56.5 Å². The molecule has 1 aliphatic heterocycles. The third-order valence-corrected chi connectivity index (χ3v) is 7.94. The van der Waals surface area contributed by atoms with Crippen LogP contribution in [0.15, 0.2) is 47.6 Å². The van der Waals surface area contributed by atoms with Crippen molar-refractivity contribution in [2.75, 3.05) is 13.1 Å². The Balaban J connectivity index is 1.67. The Morgan fingerprint density at radius 1 is 1.20 bits per heavy atom. The Labute approximate surface area is 187 Å². The molecule has 2 aromatic rings. The SMILES string of the molecule is CC(C)N(Cc1ccc(Cl)c(Cl)c1)C(=O)C1CCN(S(=O)(=O)c2cccnc2)CC1. The second-order valence-corrected chi connectivity index (χ2v) is 10.4. The molecule has 0 spiro atoms. The van der Waals surface area contributed by atoms with Gasteiger partial charge in [0, 0.05) is 44.0 Å². The maximum Gasteiger partial charge on any atom is 0.244 e. The number of rotatable bonds is 6. The van der Waals surface area contributed by atoms with E-state index < -0.39 is 10.0 Å². The molecule has 0 atom stereocenters. The zero-order valence-corrected chi connectivity index (χ0v) is 19.3. The summed E-state index contributed by atoms with van der Waals surface area (Å²) in [6.45, 7) is 5.00. The first-order chi connectivity index (χ1) is 14.2. The van der Waals surface area contributed by atoms with E-state index in [4.69, 9.17) is 23.2 Å². The van der Waals surface area contributed by atoms with E-state index in [-0.39, 0.29) is 22.8 Å². The van der Waals surface area contributed by atoms with Crippen molar-refractivity contribution in [3.05, 3.63) is 58.3 Å². The average molecular weight is 470 g/mol. The summed E-state index contributed by atoms with van der Waals surface area (Å²) in [6.07, 6.45) is 3.87. The highest BCUT2D eigenvalue weighted by Gasteiger charge is 2.34. The number of piperidine rings is 1. The van der Waals surface area contributed by atoms with Crippen molar-refractivity contribution in [2.45, 2.75) is 44.2 Å². The van der Waals surface area contributed by atoms with Crippen LogP contribution in [0.25, 0.3) is 0 Å². The van der Waals surface area contributed by atoms with Crippen LogP contribution in [0.2, 0.25) is 10.0 Å². The van der Waals surface area contributed by atoms with Crippen LogP contribution >= 0.6 is 23.2 Å². The third kappa shape index (κ3) is 5.14. The van der Waals surface area contributed by atoms with Crippen LogP contribution in [0.3, 0.4) is 0 Å². The van der Waals surface area contributed by atoms with E-state index >= 15 is 0 Å². The van der Waals surface area contributed by atoms with Gasteiger partial charge in [0.2, 0.25) is 15.9 Å². The summed E-state index contributed by atoms with van der Waals surface area (Å²) in [6, 6.07) is 8.51. The van der Waals surface area contributed by atoms with E-state index in [2.05, 4.69) is 4.98 Å². The first-order valence-electron chi connectivity index (χ1n) is 9.84. The highest BCUT2D eigenvalue weighted by molar-refractivity contribution is 7.89. The molecule has 9 heteroatoms. The van der Waals surface area contributed by atoms with Crippen molar-refractivity contribution in [1.82, 2.24) is 14.2 Å². The van der Waals surface area contributed by atoms with Crippen molar-refractivity contribution in [2.24, 2.45) is 5.92 Å². The molecule has 1 aromatic heterocycles. The first-order valence-corrected chi connectivity index (χ1v) is 12.0. The van der Waals surface area contributed by atoms with Crippen molar-refractivity contribution >= 4 is 39.1 Å². The minimum absolute atomic E-state index is 0.00380. The minimum atomic E-state index is -3.59. The summed E-state index contributed by atoms with van der Waals surface area (Å²) in [4.78, 5) is 19.1.